The van der Waals surface area contributed by atoms with Crippen LogP contribution in [0.25, 0.3) is 11.0 Å². The fourth-order valence-electron chi connectivity index (χ4n) is 3.60. The monoisotopic (exact) mass is 357 g/mol. The maximum absolute atomic E-state index is 13.4. The summed E-state index contributed by atoms with van der Waals surface area (Å²) in [5.74, 6) is 0.367. The lowest BCUT2D eigenvalue weighted by Crippen LogP contribution is -2.32. The molecule has 26 heavy (non-hydrogen) atoms. The van der Waals surface area contributed by atoms with Crippen LogP contribution in [0.5, 0.6) is 0 Å². The number of aromatic nitrogens is 2. The second-order valence-electron chi connectivity index (χ2n) is 6.74. The third-order valence-electron chi connectivity index (χ3n) is 4.96. The quantitative estimate of drug-likeness (QED) is 0.880. The van der Waals surface area contributed by atoms with Gasteiger partial charge in [-0.2, -0.15) is 5.10 Å². The number of amides is 2. The Labute approximate surface area is 149 Å². The standard InChI is InChI=1S/C18H20FN5O2/c19-11-3-6-13-14(10-11)21-18(20-13)15-2-1-9-24(15)17(26)8-5-12-4-7-16(25)23-22-12/h3,6,10,15H,1-2,4-5,7-9H2,(H,20,21)(H,23,25). The summed E-state index contributed by atoms with van der Waals surface area (Å²) >= 11 is 0. The van der Waals surface area contributed by atoms with Crippen molar-refractivity contribution in [2.75, 3.05) is 6.54 Å². The molecule has 4 rings (SSSR count). The number of hydrogen-bond donors (Lipinski definition) is 2. The van der Waals surface area contributed by atoms with Gasteiger partial charge >= 0.3 is 0 Å². The van der Waals surface area contributed by atoms with Crippen molar-refractivity contribution in [1.82, 2.24) is 20.3 Å². The Kier molecular flexibility index (Phi) is 4.40. The zero-order valence-corrected chi connectivity index (χ0v) is 14.3. The number of fused-ring (bicyclic) bond motifs is 1. The Hall–Kier alpha value is -2.77. The minimum absolute atomic E-state index is 0.0544. The van der Waals surface area contributed by atoms with Gasteiger partial charge in [0.15, 0.2) is 0 Å². The lowest BCUT2D eigenvalue weighted by atomic mass is 10.1. The zero-order valence-electron chi connectivity index (χ0n) is 14.3. The van der Waals surface area contributed by atoms with E-state index < -0.39 is 0 Å². The number of hydrazone groups is 1. The normalized spacial score (nSPS) is 20.3. The van der Waals surface area contributed by atoms with Crippen molar-refractivity contribution in [3.05, 3.63) is 29.8 Å². The number of H-pyrrole nitrogens is 1. The van der Waals surface area contributed by atoms with Crippen LogP contribution in [0.3, 0.4) is 0 Å². The lowest BCUT2D eigenvalue weighted by Gasteiger charge is -2.23. The maximum Gasteiger partial charge on any atom is 0.240 e. The fraction of sp³-hybridized carbons (Fsp3) is 0.444. The van der Waals surface area contributed by atoms with Crippen LogP contribution in [0.4, 0.5) is 4.39 Å². The molecule has 7 nitrogen and oxygen atoms in total. The summed E-state index contributed by atoms with van der Waals surface area (Å²) < 4.78 is 13.4. The van der Waals surface area contributed by atoms with Crippen LogP contribution in [0.1, 0.15) is 50.4 Å². The van der Waals surface area contributed by atoms with Gasteiger partial charge in [0.25, 0.3) is 0 Å². The number of imidazole rings is 1. The second kappa shape index (κ2) is 6.86. The van der Waals surface area contributed by atoms with E-state index >= 15 is 0 Å². The van der Waals surface area contributed by atoms with Crippen molar-refractivity contribution >= 4 is 28.6 Å². The predicted molar refractivity (Wildman–Crippen MR) is 93.8 cm³/mol. The molecule has 0 radical (unpaired) electrons. The van der Waals surface area contributed by atoms with Crippen LogP contribution in [0.15, 0.2) is 23.3 Å². The van der Waals surface area contributed by atoms with Crippen LogP contribution in [0, 0.1) is 5.82 Å². The zero-order chi connectivity index (χ0) is 18.1. The molecular formula is C18H20FN5O2. The number of rotatable bonds is 4. The molecule has 2 aliphatic rings. The molecule has 0 spiro atoms. The molecule has 2 aromatic rings. The van der Waals surface area contributed by atoms with E-state index in [-0.39, 0.29) is 23.7 Å². The van der Waals surface area contributed by atoms with Crippen molar-refractivity contribution in [2.45, 2.75) is 44.6 Å². The highest BCUT2D eigenvalue weighted by molar-refractivity contribution is 5.94. The van der Waals surface area contributed by atoms with Gasteiger partial charge in [0.1, 0.15) is 11.6 Å². The molecule has 0 saturated carbocycles. The van der Waals surface area contributed by atoms with Crippen molar-refractivity contribution in [2.24, 2.45) is 5.10 Å². The Morgan fingerprint density at radius 2 is 2.23 bits per heavy atom. The first-order valence-electron chi connectivity index (χ1n) is 8.89. The molecule has 136 valence electrons. The molecule has 0 aliphatic carbocycles. The number of hydrogen-bond acceptors (Lipinski definition) is 4. The van der Waals surface area contributed by atoms with Gasteiger partial charge < -0.3 is 9.88 Å². The highest BCUT2D eigenvalue weighted by Crippen LogP contribution is 2.32. The average Bonchev–Trinajstić information content (AvgIpc) is 3.27. The van der Waals surface area contributed by atoms with E-state index in [1.165, 1.54) is 12.1 Å². The molecule has 1 fully saturated rings. The highest BCUT2D eigenvalue weighted by atomic mass is 19.1. The number of carbonyl (C=O) groups is 2. The van der Waals surface area contributed by atoms with E-state index in [0.717, 1.165) is 18.6 Å². The molecule has 0 bridgehead atoms. The van der Waals surface area contributed by atoms with Crippen LogP contribution in [-0.2, 0) is 9.59 Å². The first kappa shape index (κ1) is 16.7. The first-order valence-corrected chi connectivity index (χ1v) is 8.89. The van der Waals surface area contributed by atoms with Gasteiger partial charge in [-0.15, -0.1) is 0 Å². The van der Waals surface area contributed by atoms with Gasteiger partial charge in [-0.3, -0.25) is 9.59 Å². The average molecular weight is 357 g/mol. The van der Waals surface area contributed by atoms with Crippen LogP contribution >= 0.6 is 0 Å². The van der Waals surface area contributed by atoms with Gasteiger partial charge in [0.2, 0.25) is 11.8 Å². The molecule has 1 aromatic carbocycles. The number of nitrogens with one attached hydrogen (secondary N) is 2. The summed E-state index contributed by atoms with van der Waals surface area (Å²) in [6, 6.07) is 4.34. The van der Waals surface area contributed by atoms with Crippen molar-refractivity contribution in [3.63, 3.8) is 0 Å². The number of halogens is 1. The topological polar surface area (TPSA) is 90.5 Å². The second-order valence-corrected chi connectivity index (χ2v) is 6.74. The third-order valence-corrected chi connectivity index (χ3v) is 4.96. The van der Waals surface area contributed by atoms with Crippen molar-refractivity contribution in [1.29, 1.82) is 0 Å². The summed E-state index contributed by atoms with van der Waals surface area (Å²) in [6.07, 6.45) is 3.70. The van der Waals surface area contributed by atoms with E-state index in [1.54, 1.807) is 6.07 Å². The smallest absolute Gasteiger partial charge is 0.240 e. The summed E-state index contributed by atoms with van der Waals surface area (Å²) in [5.41, 5.74) is 4.66. The fourth-order valence-corrected chi connectivity index (χ4v) is 3.60. The van der Waals surface area contributed by atoms with E-state index in [0.29, 0.717) is 49.1 Å². The Morgan fingerprint density at radius 1 is 1.35 bits per heavy atom. The molecule has 2 aliphatic heterocycles. The van der Waals surface area contributed by atoms with E-state index in [1.807, 2.05) is 4.90 Å². The number of carbonyl (C=O) groups excluding carboxylic acids is 2. The van der Waals surface area contributed by atoms with E-state index in [9.17, 15) is 14.0 Å². The van der Waals surface area contributed by atoms with Crippen LogP contribution < -0.4 is 5.43 Å². The van der Waals surface area contributed by atoms with Gasteiger partial charge in [-0.25, -0.2) is 14.8 Å². The molecule has 8 heteroatoms. The number of benzene rings is 1. The molecule has 2 N–H and O–H groups in total. The Bertz CT molecular complexity index is 891. The van der Waals surface area contributed by atoms with Crippen molar-refractivity contribution in [3.8, 4) is 0 Å². The molecule has 1 atom stereocenters. The summed E-state index contributed by atoms with van der Waals surface area (Å²) in [4.78, 5) is 33.4. The molecular weight excluding hydrogens is 337 g/mol. The number of likely N-dealkylation sites (tertiary alicyclic amines) is 1. The predicted octanol–water partition coefficient (Wildman–Crippen LogP) is 2.41. The SMILES string of the molecule is O=C1CCC(CCC(=O)N2CCCC2c2nc3ccc(F)cc3[nH]2)=NN1. The number of nitrogens with zero attached hydrogens (tertiary/aromatic N) is 3. The van der Waals surface area contributed by atoms with Gasteiger partial charge in [-0.1, -0.05) is 0 Å². The molecule has 2 amide bonds. The van der Waals surface area contributed by atoms with Gasteiger partial charge in [-0.05, 0) is 43.9 Å². The minimum Gasteiger partial charge on any atom is -0.340 e. The van der Waals surface area contributed by atoms with Crippen molar-refractivity contribution < 1.29 is 14.0 Å². The van der Waals surface area contributed by atoms with Gasteiger partial charge in [0, 0.05) is 25.1 Å². The third kappa shape index (κ3) is 3.31. The molecule has 1 aromatic heterocycles. The molecule has 3 heterocycles. The highest BCUT2D eigenvalue weighted by Gasteiger charge is 2.32. The van der Waals surface area contributed by atoms with Crippen LogP contribution in [-0.4, -0.2) is 38.9 Å². The summed E-state index contributed by atoms with van der Waals surface area (Å²) in [6.45, 7) is 0.693. The molecule has 1 unspecified atom stereocenters. The minimum atomic E-state index is -0.313. The number of aromatic amines is 1. The summed E-state index contributed by atoms with van der Waals surface area (Å²) in [5, 5.41) is 4.02. The molecule has 1 saturated heterocycles. The van der Waals surface area contributed by atoms with E-state index in [2.05, 4.69) is 20.5 Å². The lowest BCUT2D eigenvalue weighted by molar-refractivity contribution is -0.132. The largest absolute Gasteiger partial charge is 0.340 e. The maximum atomic E-state index is 13.4. The van der Waals surface area contributed by atoms with Crippen LogP contribution in [0.2, 0.25) is 0 Å². The van der Waals surface area contributed by atoms with E-state index in [4.69, 9.17) is 0 Å². The van der Waals surface area contributed by atoms with Gasteiger partial charge in [0.05, 0.1) is 17.1 Å². The Morgan fingerprint density at radius 3 is 3.04 bits per heavy atom. The summed E-state index contributed by atoms with van der Waals surface area (Å²) in [7, 11) is 0. The first-order chi connectivity index (χ1) is 12.6. The Balaban J connectivity index is 1.45.